The number of aliphatic imine (C=N–C) groups is 1. The van der Waals surface area contributed by atoms with Crippen molar-refractivity contribution in [2.45, 2.75) is 27.7 Å². The van der Waals surface area contributed by atoms with Crippen molar-refractivity contribution in [3.8, 4) is 0 Å². The van der Waals surface area contributed by atoms with E-state index < -0.39 is 0 Å². The quantitative estimate of drug-likeness (QED) is 0.503. The Kier molecular flexibility index (Phi) is 4.02. The molecule has 0 radical (unpaired) electrons. The second-order valence-electron chi connectivity index (χ2n) is 2.26. The molecule has 9 heavy (non-hydrogen) atoms. The molecule has 1 heteroatoms. The smallest absolute Gasteiger partial charge is 0.0382 e. The van der Waals surface area contributed by atoms with E-state index >= 15 is 0 Å². The molecule has 0 aliphatic rings. The molecule has 0 saturated heterocycles. The third-order valence-electron chi connectivity index (χ3n) is 1.17. The van der Waals surface area contributed by atoms with Crippen LogP contribution in [0, 0.1) is 5.92 Å². The zero-order valence-electron chi connectivity index (χ0n) is 6.68. The molecular weight excluding hydrogens is 110 g/mol. The molecule has 0 saturated carbocycles. The highest BCUT2D eigenvalue weighted by Gasteiger charge is 1.95. The highest BCUT2D eigenvalue weighted by atomic mass is 14.7. The van der Waals surface area contributed by atoms with Crippen LogP contribution in [0.1, 0.15) is 27.7 Å². The van der Waals surface area contributed by atoms with E-state index in [0.717, 1.165) is 5.70 Å². The van der Waals surface area contributed by atoms with Crippen molar-refractivity contribution in [2.75, 3.05) is 0 Å². The summed E-state index contributed by atoms with van der Waals surface area (Å²) < 4.78 is 0. The van der Waals surface area contributed by atoms with Gasteiger partial charge < -0.3 is 0 Å². The average Bonchev–Trinajstić information content (AvgIpc) is 1.82. The summed E-state index contributed by atoms with van der Waals surface area (Å²) in [5, 5.41) is 0. The van der Waals surface area contributed by atoms with Crippen LogP contribution < -0.4 is 0 Å². The lowest BCUT2D eigenvalue weighted by Crippen LogP contribution is -1.89. The molecule has 0 amide bonds. The van der Waals surface area contributed by atoms with Crippen molar-refractivity contribution in [3.05, 3.63) is 11.8 Å². The zero-order chi connectivity index (χ0) is 7.28. The zero-order valence-corrected chi connectivity index (χ0v) is 6.68. The molecule has 0 unspecified atom stereocenters. The Labute approximate surface area is 57.5 Å². The van der Waals surface area contributed by atoms with E-state index in [9.17, 15) is 0 Å². The number of allylic oxidation sites excluding steroid dienone is 2. The molecule has 0 aromatic carbocycles. The van der Waals surface area contributed by atoms with Crippen LogP contribution in [-0.4, -0.2) is 6.21 Å². The fourth-order valence-electron chi connectivity index (χ4n) is 0.706. The summed E-state index contributed by atoms with van der Waals surface area (Å²) in [5.41, 5.74) is 1.16. The Morgan fingerprint density at radius 2 is 1.89 bits per heavy atom. The highest BCUT2D eigenvalue weighted by molar-refractivity contribution is 5.55. The van der Waals surface area contributed by atoms with Gasteiger partial charge in [-0.05, 0) is 19.8 Å². The van der Waals surface area contributed by atoms with Crippen molar-refractivity contribution in [1.29, 1.82) is 0 Å². The van der Waals surface area contributed by atoms with Crippen molar-refractivity contribution in [2.24, 2.45) is 10.9 Å². The minimum Gasteiger partial charge on any atom is -0.266 e. The SMILES string of the molecule is CC=N/C(=C\C)C(C)C. The molecular formula is C8H15N. The van der Waals surface area contributed by atoms with Crippen LogP contribution in [0.25, 0.3) is 0 Å². The van der Waals surface area contributed by atoms with E-state index in [0.29, 0.717) is 5.92 Å². The maximum absolute atomic E-state index is 4.18. The van der Waals surface area contributed by atoms with E-state index in [1.807, 2.05) is 26.1 Å². The number of nitrogens with zero attached hydrogens (tertiary/aromatic N) is 1. The molecule has 0 rings (SSSR count). The molecule has 0 bridgehead atoms. The summed E-state index contributed by atoms with van der Waals surface area (Å²) in [6, 6.07) is 0. The lowest BCUT2D eigenvalue weighted by atomic mass is 10.1. The number of hydrogen-bond donors (Lipinski definition) is 0. The summed E-state index contributed by atoms with van der Waals surface area (Å²) in [4.78, 5) is 4.18. The molecule has 0 heterocycles. The molecule has 0 aliphatic heterocycles. The van der Waals surface area contributed by atoms with Crippen molar-refractivity contribution < 1.29 is 0 Å². The van der Waals surface area contributed by atoms with Gasteiger partial charge >= 0.3 is 0 Å². The van der Waals surface area contributed by atoms with Crippen LogP contribution in [0.2, 0.25) is 0 Å². The first-order chi connectivity index (χ1) is 4.22. The molecule has 0 fully saturated rings. The van der Waals surface area contributed by atoms with Crippen molar-refractivity contribution >= 4 is 6.21 Å². The van der Waals surface area contributed by atoms with Gasteiger partial charge in [0.2, 0.25) is 0 Å². The van der Waals surface area contributed by atoms with Crippen LogP contribution in [0.5, 0.6) is 0 Å². The summed E-state index contributed by atoms with van der Waals surface area (Å²) in [6.07, 6.45) is 3.88. The van der Waals surface area contributed by atoms with Crippen molar-refractivity contribution in [1.82, 2.24) is 0 Å². The van der Waals surface area contributed by atoms with Crippen molar-refractivity contribution in [3.63, 3.8) is 0 Å². The van der Waals surface area contributed by atoms with Crippen LogP contribution in [0.15, 0.2) is 16.8 Å². The molecule has 0 aliphatic carbocycles. The van der Waals surface area contributed by atoms with E-state index in [4.69, 9.17) is 0 Å². The minimum absolute atomic E-state index is 0.547. The van der Waals surface area contributed by atoms with Gasteiger partial charge in [0.05, 0.1) is 0 Å². The Hall–Kier alpha value is -0.590. The normalized spacial score (nSPS) is 13.7. The van der Waals surface area contributed by atoms with E-state index in [1.165, 1.54) is 0 Å². The van der Waals surface area contributed by atoms with Gasteiger partial charge in [0.25, 0.3) is 0 Å². The van der Waals surface area contributed by atoms with Gasteiger partial charge in [0.1, 0.15) is 0 Å². The van der Waals surface area contributed by atoms with Crippen LogP contribution in [0.4, 0.5) is 0 Å². The maximum Gasteiger partial charge on any atom is 0.0382 e. The lowest BCUT2D eigenvalue weighted by molar-refractivity contribution is 0.757. The van der Waals surface area contributed by atoms with Gasteiger partial charge in [0.15, 0.2) is 0 Å². The molecule has 0 atom stereocenters. The first-order valence-electron chi connectivity index (χ1n) is 3.37. The first kappa shape index (κ1) is 8.41. The predicted molar refractivity (Wildman–Crippen MR) is 42.8 cm³/mol. The van der Waals surface area contributed by atoms with Gasteiger partial charge in [-0.2, -0.15) is 0 Å². The van der Waals surface area contributed by atoms with Gasteiger partial charge in [-0.3, -0.25) is 4.99 Å². The van der Waals surface area contributed by atoms with E-state index in [-0.39, 0.29) is 0 Å². The second kappa shape index (κ2) is 4.30. The van der Waals surface area contributed by atoms with Gasteiger partial charge in [0, 0.05) is 11.9 Å². The third-order valence-corrected chi connectivity index (χ3v) is 1.17. The van der Waals surface area contributed by atoms with Gasteiger partial charge in [-0.1, -0.05) is 19.9 Å². The van der Waals surface area contributed by atoms with Gasteiger partial charge in [-0.15, -0.1) is 0 Å². The highest BCUT2D eigenvalue weighted by Crippen LogP contribution is 2.08. The lowest BCUT2D eigenvalue weighted by Gasteiger charge is -2.02. The molecule has 1 nitrogen and oxygen atoms in total. The largest absolute Gasteiger partial charge is 0.266 e. The monoisotopic (exact) mass is 125 g/mol. The Morgan fingerprint density at radius 3 is 2.00 bits per heavy atom. The maximum atomic E-state index is 4.18. The summed E-state index contributed by atoms with van der Waals surface area (Å²) in [7, 11) is 0. The van der Waals surface area contributed by atoms with Gasteiger partial charge in [-0.25, -0.2) is 0 Å². The Balaban J connectivity index is 4.01. The summed E-state index contributed by atoms with van der Waals surface area (Å²) >= 11 is 0. The fourth-order valence-corrected chi connectivity index (χ4v) is 0.706. The van der Waals surface area contributed by atoms with Crippen LogP contribution in [0.3, 0.4) is 0 Å². The number of hydrogen-bond acceptors (Lipinski definition) is 1. The molecule has 0 aromatic heterocycles. The topological polar surface area (TPSA) is 12.4 Å². The summed E-state index contributed by atoms with van der Waals surface area (Å²) in [5.74, 6) is 0.547. The minimum atomic E-state index is 0.547. The van der Waals surface area contributed by atoms with E-state index in [2.05, 4.69) is 18.8 Å². The average molecular weight is 125 g/mol. The van der Waals surface area contributed by atoms with Crippen LogP contribution >= 0.6 is 0 Å². The third kappa shape index (κ3) is 3.07. The van der Waals surface area contributed by atoms with E-state index in [1.54, 1.807) is 0 Å². The fraction of sp³-hybridized carbons (Fsp3) is 0.625. The predicted octanol–water partition coefficient (Wildman–Crippen LogP) is 2.64. The van der Waals surface area contributed by atoms with Crippen LogP contribution in [-0.2, 0) is 0 Å². The molecule has 0 N–H and O–H groups in total. The standard InChI is InChI=1S/C8H15N/c1-5-8(7(3)4)9-6-2/h5-7H,1-4H3/b8-5-,9-6?. The molecule has 0 aromatic rings. The summed E-state index contributed by atoms with van der Waals surface area (Å²) in [6.45, 7) is 8.24. The second-order valence-corrected chi connectivity index (χ2v) is 2.26. The first-order valence-corrected chi connectivity index (χ1v) is 3.37. The number of rotatable bonds is 2. The Bertz CT molecular complexity index is 121. The molecule has 52 valence electrons. The molecule has 0 spiro atoms. The Morgan fingerprint density at radius 1 is 1.33 bits per heavy atom.